The van der Waals surface area contributed by atoms with Crippen molar-refractivity contribution in [2.45, 2.75) is 26.1 Å². The molecule has 1 aliphatic rings. The molecule has 0 bridgehead atoms. The summed E-state index contributed by atoms with van der Waals surface area (Å²) in [5.41, 5.74) is 2.26. The minimum absolute atomic E-state index is 0. The zero-order valence-electron chi connectivity index (χ0n) is 17.1. The third kappa shape index (κ3) is 7.01. The summed E-state index contributed by atoms with van der Waals surface area (Å²) in [7, 11) is 3.80. The number of hydrogen-bond donors (Lipinski definition) is 1. The van der Waals surface area contributed by atoms with Crippen LogP contribution in [-0.2, 0) is 17.8 Å². The number of ether oxygens (including phenoxy) is 1. The summed E-state index contributed by atoms with van der Waals surface area (Å²) in [6, 6.07) is 12.1. The van der Waals surface area contributed by atoms with E-state index in [1.54, 1.807) is 7.05 Å². The average Bonchev–Trinajstić information content (AvgIpc) is 2.69. The van der Waals surface area contributed by atoms with Crippen molar-refractivity contribution in [1.29, 1.82) is 0 Å². The Morgan fingerprint density at radius 3 is 2.83 bits per heavy atom. The molecule has 0 amide bonds. The van der Waals surface area contributed by atoms with Crippen LogP contribution in [0.5, 0.6) is 0 Å². The largest absolute Gasteiger partial charge is 0.375 e. The number of hydrogen-bond acceptors (Lipinski definition) is 4. The lowest BCUT2D eigenvalue weighted by atomic mass is 10.2. The molecule has 2 heterocycles. The standard InChI is InChI=1S/C21H28ClN5O.HI/c1-16-14-27(9-10-28-16)20-8-7-18(12-24-20)13-25-21(23-2)26(3)15-17-5-4-6-19(22)11-17;/h4-8,11-12,16H,9-10,13-15H2,1-3H3,(H,23,25);1H. The summed E-state index contributed by atoms with van der Waals surface area (Å²) in [5, 5.41) is 4.14. The second-order valence-corrected chi connectivity index (χ2v) is 7.48. The molecule has 1 N–H and O–H groups in total. The molecule has 1 aromatic carbocycles. The van der Waals surface area contributed by atoms with Crippen LogP contribution in [0.15, 0.2) is 47.6 Å². The van der Waals surface area contributed by atoms with E-state index < -0.39 is 0 Å². The fraction of sp³-hybridized carbons (Fsp3) is 0.429. The van der Waals surface area contributed by atoms with Crippen LogP contribution in [0.4, 0.5) is 5.82 Å². The Kier molecular flexibility index (Phi) is 9.45. The SMILES string of the molecule is CN=C(NCc1ccc(N2CCOC(C)C2)nc1)N(C)Cc1cccc(Cl)c1.I. The van der Waals surface area contributed by atoms with E-state index in [4.69, 9.17) is 16.3 Å². The Morgan fingerprint density at radius 2 is 2.17 bits per heavy atom. The molecular weight excluding hydrogens is 501 g/mol. The fourth-order valence-corrected chi connectivity index (χ4v) is 3.50. The number of anilines is 1. The molecule has 29 heavy (non-hydrogen) atoms. The summed E-state index contributed by atoms with van der Waals surface area (Å²) >= 11 is 6.08. The van der Waals surface area contributed by atoms with Gasteiger partial charge < -0.3 is 19.9 Å². The number of aliphatic imine (C=N–C) groups is 1. The second-order valence-electron chi connectivity index (χ2n) is 7.04. The molecule has 1 atom stereocenters. The average molecular weight is 530 g/mol. The van der Waals surface area contributed by atoms with Gasteiger partial charge in [0.25, 0.3) is 0 Å². The zero-order valence-corrected chi connectivity index (χ0v) is 20.2. The van der Waals surface area contributed by atoms with E-state index in [-0.39, 0.29) is 30.1 Å². The van der Waals surface area contributed by atoms with E-state index >= 15 is 0 Å². The Bertz CT molecular complexity index is 802. The first-order chi connectivity index (χ1) is 13.5. The minimum atomic E-state index is 0. The number of pyridine rings is 1. The van der Waals surface area contributed by atoms with Gasteiger partial charge in [-0.3, -0.25) is 4.99 Å². The molecule has 1 aromatic heterocycles. The summed E-state index contributed by atoms with van der Waals surface area (Å²) in [6.07, 6.45) is 2.17. The molecule has 1 aliphatic heterocycles. The smallest absolute Gasteiger partial charge is 0.193 e. The monoisotopic (exact) mass is 529 g/mol. The number of guanidine groups is 1. The highest BCUT2D eigenvalue weighted by Gasteiger charge is 2.17. The fourth-order valence-electron chi connectivity index (χ4n) is 3.28. The van der Waals surface area contributed by atoms with Gasteiger partial charge in [-0.05, 0) is 36.2 Å². The van der Waals surface area contributed by atoms with Gasteiger partial charge in [0.15, 0.2) is 5.96 Å². The molecule has 0 saturated carbocycles. The maximum Gasteiger partial charge on any atom is 0.193 e. The lowest BCUT2D eigenvalue weighted by Gasteiger charge is -2.32. The van der Waals surface area contributed by atoms with Gasteiger partial charge in [-0.1, -0.05) is 29.8 Å². The van der Waals surface area contributed by atoms with Crippen molar-refractivity contribution in [2.24, 2.45) is 4.99 Å². The number of benzene rings is 1. The first kappa shape index (κ1) is 23.7. The van der Waals surface area contributed by atoms with Crippen LogP contribution in [-0.4, -0.2) is 55.7 Å². The lowest BCUT2D eigenvalue weighted by molar-refractivity contribution is 0.0529. The maximum atomic E-state index is 6.08. The number of halogens is 2. The Labute approximate surface area is 195 Å². The van der Waals surface area contributed by atoms with E-state index in [2.05, 4.69) is 50.2 Å². The number of rotatable bonds is 5. The molecule has 158 valence electrons. The van der Waals surface area contributed by atoms with Crippen molar-refractivity contribution in [3.8, 4) is 0 Å². The summed E-state index contributed by atoms with van der Waals surface area (Å²) < 4.78 is 5.60. The predicted octanol–water partition coefficient (Wildman–Crippen LogP) is 3.79. The number of morpholine rings is 1. The molecular formula is C21H29ClIN5O. The van der Waals surface area contributed by atoms with Crippen molar-refractivity contribution in [3.05, 3.63) is 58.7 Å². The molecule has 3 rings (SSSR count). The Hall–Kier alpha value is -1.58. The molecule has 0 spiro atoms. The Balaban J connectivity index is 0.00000300. The van der Waals surface area contributed by atoms with Crippen molar-refractivity contribution in [3.63, 3.8) is 0 Å². The van der Waals surface area contributed by atoms with Gasteiger partial charge in [-0.25, -0.2) is 4.98 Å². The first-order valence-corrected chi connectivity index (χ1v) is 9.90. The van der Waals surface area contributed by atoms with Crippen LogP contribution >= 0.6 is 35.6 Å². The minimum Gasteiger partial charge on any atom is -0.375 e. The molecule has 2 aromatic rings. The van der Waals surface area contributed by atoms with Gasteiger partial charge in [-0.15, -0.1) is 24.0 Å². The van der Waals surface area contributed by atoms with Crippen molar-refractivity contribution >= 4 is 47.4 Å². The van der Waals surface area contributed by atoms with Crippen LogP contribution < -0.4 is 10.2 Å². The van der Waals surface area contributed by atoms with E-state index in [1.807, 2.05) is 31.4 Å². The lowest BCUT2D eigenvalue weighted by Crippen LogP contribution is -2.41. The Morgan fingerprint density at radius 1 is 1.34 bits per heavy atom. The predicted molar refractivity (Wildman–Crippen MR) is 130 cm³/mol. The van der Waals surface area contributed by atoms with E-state index in [1.165, 1.54) is 0 Å². The van der Waals surface area contributed by atoms with E-state index in [0.29, 0.717) is 6.54 Å². The number of aromatic nitrogens is 1. The summed E-state index contributed by atoms with van der Waals surface area (Å²) in [4.78, 5) is 13.3. The van der Waals surface area contributed by atoms with E-state index in [0.717, 1.165) is 54.2 Å². The molecule has 1 unspecified atom stereocenters. The first-order valence-electron chi connectivity index (χ1n) is 9.53. The van der Waals surface area contributed by atoms with Crippen molar-refractivity contribution in [2.75, 3.05) is 38.7 Å². The number of nitrogens with zero attached hydrogens (tertiary/aromatic N) is 4. The van der Waals surface area contributed by atoms with Crippen LogP contribution in [0, 0.1) is 0 Å². The van der Waals surface area contributed by atoms with Gasteiger partial charge in [0, 0.05) is 51.5 Å². The van der Waals surface area contributed by atoms with Gasteiger partial charge >= 0.3 is 0 Å². The van der Waals surface area contributed by atoms with Crippen molar-refractivity contribution in [1.82, 2.24) is 15.2 Å². The van der Waals surface area contributed by atoms with Gasteiger partial charge in [-0.2, -0.15) is 0 Å². The molecule has 1 saturated heterocycles. The third-order valence-electron chi connectivity index (χ3n) is 4.71. The van der Waals surface area contributed by atoms with Crippen LogP contribution in [0.25, 0.3) is 0 Å². The molecule has 1 fully saturated rings. The van der Waals surface area contributed by atoms with Gasteiger partial charge in [0.2, 0.25) is 0 Å². The number of nitrogens with one attached hydrogen (secondary N) is 1. The summed E-state index contributed by atoms with van der Waals surface area (Å²) in [5.74, 6) is 1.83. The highest BCUT2D eigenvalue weighted by molar-refractivity contribution is 14.0. The highest BCUT2D eigenvalue weighted by Crippen LogP contribution is 2.16. The summed E-state index contributed by atoms with van der Waals surface area (Å²) in [6.45, 7) is 6.00. The zero-order chi connectivity index (χ0) is 19.9. The molecule has 0 radical (unpaired) electrons. The quantitative estimate of drug-likeness (QED) is 0.363. The normalized spacial score (nSPS) is 16.9. The molecule has 8 heteroatoms. The van der Waals surface area contributed by atoms with Gasteiger partial charge in [0.05, 0.1) is 12.7 Å². The van der Waals surface area contributed by atoms with Gasteiger partial charge in [0.1, 0.15) is 5.82 Å². The third-order valence-corrected chi connectivity index (χ3v) is 4.94. The van der Waals surface area contributed by atoms with Crippen LogP contribution in [0.2, 0.25) is 5.02 Å². The second kappa shape index (κ2) is 11.6. The van der Waals surface area contributed by atoms with Crippen LogP contribution in [0.3, 0.4) is 0 Å². The maximum absolute atomic E-state index is 6.08. The highest BCUT2D eigenvalue weighted by atomic mass is 127. The van der Waals surface area contributed by atoms with Crippen LogP contribution in [0.1, 0.15) is 18.1 Å². The van der Waals surface area contributed by atoms with E-state index in [9.17, 15) is 0 Å². The molecule has 0 aliphatic carbocycles. The topological polar surface area (TPSA) is 53.0 Å². The van der Waals surface area contributed by atoms with Crippen molar-refractivity contribution < 1.29 is 4.74 Å². The molecule has 6 nitrogen and oxygen atoms in total.